The molecular formula is C16H17ClOS. The van der Waals surface area contributed by atoms with Crippen molar-refractivity contribution < 1.29 is 5.11 Å². The fourth-order valence-corrected chi connectivity index (χ4v) is 3.07. The summed E-state index contributed by atoms with van der Waals surface area (Å²) >= 11 is 7.95. The van der Waals surface area contributed by atoms with Crippen LogP contribution in [0.2, 0.25) is 5.02 Å². The van der Waals surface area contributed by atoms with Gasteiger partial charge in [0.25, 0.3) is 0 Å². The standard InChI is InChI=1S/C16H17ClOS/c1-11-4-3-5-13(8-11)10-19-16-7-6-14(12(2)18)9-15(16)17/h3-9,12,18H,10H2,1-2H3. The Kier molecular flexibility index (Phi) is 4.92. The number of benzene rings is 2. The number of aryl methyl sites for hydroxylation is 1. The molecular weight excluding hydrogens is 276 g/mol. The molecule has 0 fully saturated rings. The lowest BCUT2D eigenvalue weighted by Crippen LogP contribution is -1.91. The number of rotatable bonds is 4. The molecule has 0 saturated carbocycles. The predicted octanol–water partition coefficient (Wildman–Crippen LogP) is 4.99. The van der Waals surface area contributed by atoms with Crippen LogP contribution in [0.3, 0.4) is 0 Å². The molecule has 0 aliphatic heterocycles. The first kappa shape index (κ1) is 14.4. The van der Waals surface area contributed by atoms with Gasteiger partial charge < -0.3 is 5.11 Å². The van der Waals surface area contributed by atoms with Gasteiger partial charge in [-0.25, -0.2) is 0 Å². The molecule has 1 nitrogen and oxygen atoms in total. The second kappa shape index (κ2) is 6.47. The first-order chi connectivity index (χ1) is 9.06. The molecule has 2 aromatic carbocycles. The van der Waals surface area contributed by atoms with Crippen molar-refractivity contribution in [3.8, 4) is 0 Å². The van der Waals surface area contributed by atoms with Gasteiger partial charge >= 0.3 is 0 Å². The van der Waals surface area contributed by atoms with Gasteiger partial charge in [-0.3, -0.25) is 0 Å². The average molecular weight is 293 g/mol. The van der Waals surface area contributed by atoms with Crippen molar-refractivity contribution in [2.24, 2.45) is 0 Å². The summed E-state index contributed by atoms with van der Waals surface area (Å²) in [5.41, 5.74) is 3.42. The molecule has 2 aromatic rings. The van der Waals surface area contributed by atoms with E-state index >= 15 is 0 Å². The van der Waals surface area contributed by atoms with Crippen LogP contribution in [-0.2, 0) is 5.75 Å². The first-order valence-corrected chi connectivity index (χ1v) is 7.58. The van der Waals surface area contributed by atoms with Gasteiger partial charge in [-0.2, -0.15) is 0 Å². The Labute approximate surface area is 123 Å². The summed E-state index contributed by atoms with van der Waals surface area (Å²) in [6.45, 7) is 3.84. The molecule has 100 valence electrons. The molecule has 0 bridgehead atoms. The van der Waals surface area contributed by atoms with Crippen LogP contribution in [0.15, 0.2) is 47.4 Å². The molecule has 1 atom stereocenters. The van der Waals surface area contributed by atoms with Gasteiger partial charge in [-0.1, -0.05) is 47.5 Å². The Hall–Kier alpha value is -0.960. The fourth-order valence-electron chi connectivity index (χ4n) is 1.86. The molecule has 0 amide bonds. The monoisotopic (exact) mass is 292 g/mol. The van der Waals surface area contributed by atoms with E-state index in [1.807, 2.05) is 18.2 Å². The number of thioether (sulfide) groups is 1. The molecule has 1 unspecified atom stereocenters. The van der Waals surface area contributed by atoms with E-state index in [1.165, 1.54) is 11.1 Å². The van der Waals surface area contributed by atoms with E-state index in [2.05, 4.69) is 31.2 Å². The topological polar surface area (TPSA) is 20.2 Å². The van der Waals surface area contributed by atoms with E-state index in [-0.39, 0.29) is 0 Å². The van der Waals surface area contributed by atoms with Gasteiger partial charge in [0.15, 0.2) is 0 Å². The summed E-state index contributed by atoms with van der Waals surface area (Å²) in [4.78, 5) is 1.05. The lowest BCUT2D eigenvalue weighted by molar-refractivity contribution is 0.199. The van der Waals surface area contributed by atoms with Gasteiger partial charge in [0, 0.05) is 10.6 Å². The Morgan fingerprint density at radius 2 is 2.00 bits per heavy atom. The number of hydrogen-bond acceptors (Lipinski definition) is 2. The predicted molar refractivity (Wildman–Crippen MR) is 82.8 cm³/mol. The Bertz CT molecular complexity index is 566. The van der Waals surface area contributed by atoms with E-state index in [9.17, 15) is 5.11 Å². The Morgan fingerprint density at radius 3 is 2.63 bits per heavy atom. The van der Waals surface area contributed by atoms with E-state index in [1.54, 1.807) is 18.7 Å². The third-order valence-electron chi connectivity index (χ3n) is 2.92. The summed E-state index contributed by atoms with van der Waals surface area (Å²) in [5.74, 6) is 0.898. The number of aliphatic hydroxyl groups excluding tert-OH is 1. The lowest BCUT2D eigenvalue weighted by Gasteiger charge is -2.09. The van der Waals surface area contributed by atoms with E-state index in [0.29, 0.717) is 5.02 Å². The highest BCUT2D eigenvalue weighted by Crippen LogP contribution is 2.31. The highest BCUT2D eigenvalue weighted by atomic mass is 35.5. The fraction of sp³-hybridized carbons (Fsp3) is 0.250. The first-order valence-electron chi connectivity index (χ1n) is 6.22. The van der Waals surface area contributed by atoms with E-state index in [4.69, 9.17) is 11.6 Å². The highest BCUT2D eigenvalue weighted by molar-refractivity contribution is 7.98. The van der Waals surface area contributed by atoms with Crippen molar-refractivity contribution in [1.82, 2.24) is 0 Å². The maximum absolute atomic E-state index is 9.51. The van der Waals surface area contributed by atoms with Crippen molar-refractivity contribution in [1.29, 1.82) is 0 Å². The zero-order valence-corrected chi connectivity index (χ0v) is 12.6. The smallest absolute Gasteiger partial charge is 0.0762 e. The third kappa shape index (κ3) is 4.00. The van der Waals surface area contributed by atoms with Crippen molar-refractivity contribution in [3.63, 3.8) is 0 Å². The number of halogens is 1. The van der Waals surface area contributed by atoms with Crippen LogP contribution >= 0.6 is 23.4 Å². The summed E-state index contributed by atoms with van der Waals surface area (Å²) in [5, 5.41) is 10.2. The van der Waals surface area contributed by atoms with Crippen LogP contribution in [0.4, 0.5) is 0 Å². The molecule has 3 heteroatoms. The lowest BCUT2D eigenvalue weighted by atomic mass is 10.1. The Balaban J connectivity index is 2.07. The summed E-state index contributed by atoms with van der Waals surface area (Å²) in [6, 6.07) is 14.2. The van der Waals surface area contributed by atoms with Crippen LogP contribution in [0, 0.1) is 6.92 Å². The number of aliphatic hydroxyl groups is 1. The van der Waals surface area contributed by atoms with Crippen LogP contribution in [-0.4, -0.2) is 5.11 Å². The van der Waals surface area contributed by atoms with Crippen molar-refractivity contribution in [3.05, 3.63) is 64.2 Å². The third-order valence-corrected chi connectivity index (χ3v) is 4.48. The Morgan fingerprint density at radius 1 is 1.21 bits per heavy atom. The van der Waals surface area contributed by atoms with Gasteiger partial charge in [-0.15, -0.1) is 11.8 Å². The average Bonchev–Trinajstić information content (AvgIpc) is 2.37. The van der Waals surface area contributed by atoms with E-state index in [0.717, 1.165) is 16.2 Å². The van der Waals surface area contributed by atoms with E-state index < -0.39 is 6.10 Å². The van der Waals surface area contributed by atoms with Crippen LogP contribution in [0.25, 0.3) is 0 Å². The molecule has 2 rings (SSSR count). The highest BCUT2D eigenvalue weighted by Gasteiger charge is 2.06. The summed E-state index contributed by atoms with van der Waals surface area (Å²) < 4.78 is 0. The zero-order chi connectivity index (χ0) is 13.8. The maximum atomic E-state index is 9.51. The summed E-state index contributed by atoms with van der Waals surface area (Å²) in [6.07, 6.45) is -0.478. The number of hydrogen-bond donors (Lipinski definition) is 1. The van der Waals surface area contributed by atoms with Crippen molar-refractivity contribution in [2.75, 3.05) is 0 Å². The normalized spacial score (nSPS) is 12.4. The van der Waals surface area contributed by atoms with Gasteiger partial charge in [-0.05, 0) is 37.1 Å². The molecule has 19 heavy (non-hydrogen) atoms. The second-order valence-corrected chi connectivity index (χ2v) is 6.07. The van der Waals surface area contributed by atoms with Crippen LogP contribution in [0.1, 0.15) is 29.7 Å². The van der Waals surface area contributed by atoms with Gasteiger partial charge in [0.05, 0.1) is 11.1 Å². The molecule has 0 spiro atoms. The van der Waals surface area contributed by atoms with Crippen molar-refractivity contribution in [2.45, 2.75) is 30.6 Å². The summed E-state index contributed by atoms with van der Waals surface area (Å²) in [7, 11) is 0. The molecule has 0 aliphatic carbocycles. The quantitative estimate of drug-likeness (QED) is 0.801. The van der Waals surface area contributed by atoms with Crippen LogP contribution in [0.5, 0.6) is 0 Å². The second-order valence-electron chi connectivity index (χ2n) is 4.64. The minimum atomic E-state index is -0.478. The molecule has 0 heterocycles. The molecule has 0 aromatic heterocycles. The van der Waals surface area contributed by atoms with Crippen molar-refractivity contribution >= 4 is 23.4 Å². The molecule has 0 saturated heterocycles. The largest absolute Gasteiger partial charge is 0.389 e. The SMILES string of the molecule is Cc1cccc(CSc2ccc(C(C)O)cc2Cl)c1. The van der Waals surface area contributed by atoms with Gasteiger partial charge in [0.1, 0.15) is 0 Å². The van der Waals surface area contributed by atoms with Gasteiger partial charge in [0.2, 0.25) is 0 Å². The molecule has 0 radical (unpaired) electrons. The molecule has 1 N–H and O–H groups in total. The minimum absolute atomic E-state index is 0.478. The van der Waals surface area contributed by atoms with Crippen LogP contribution < -0.4 is 0 Å². The molecule has 0 aliphatic rings. The zero-order valence-electron chi connectivity index (χ0n) is 11.1. The maximum Gasteiger partial charge on any atom is 0.0762 e. The minimum Gasteiger partial charge on any atom is -0.389 e.